The summed E-state index contributed by atoms with van der Waals surface area (Å²) in [6.07, 6.45) is 1.42. The molecule has 0 radical (unpaired) electrons. The fourth-order valence-electron chi connectivity index (χ4n) is 0.546. The smallest absolute Gasteiger partial charge is 0.242 e. The van der Waals surface area contributed by atoms with Crippen LogP contribution in [0, 0.1) is 4.64 Å². The highest BCUT2D eigenvalue weighted by atomic mass is 32.2. The van der Waals surface area contributed by atoms with Gasteiger partial charge in [0.25, 0.3) is 0 Å². The Morgan fingerprint density at radius 3 is 2.60 bits per heavy atom. The Hall–Kier alpha value is -1.23. The maximum Gasteiger partial charge on any atom is 0.242 e. The van der Waals surface area contributed by atoms with Gasteiger partial charge >= 0.3 is 0 Å². The Morgan fingerprint density at radius 2 is 2.20 bits per heavy atom. The van der Waals surface area contributed by atoms with Crippen molar-refractivity contribution in [2.45, 2.75) is 0 Å². The molecule has 1 aromatic heterocycles. The Kier molecular flexibility index (Phi) is 1.77. The molecule has 0 bridgehead atoms. The van der Waals surface area contributed by atoms with Crippen molar-refractivity contribution in [3.8, 4) is 5.75 Å². The van der Waals surface area contributed by atoms with Gasteiger partial charge in [-0.05, 0) is 12.1 Å². The van der Waals surface area contributed by atoms with Gasteiger partial charge in [0.05, 0.1) is 0 Å². The molecule has 5 heteroatoms. The lowest BCUT2D eigenvalue weighted by Crippen LogP contribution is -1.76. The fourth-order valence-corrected chi connectivity index (χ4v) is 0.949. The molecule has 0 spiro atoms. The van der Waals surface area contributed by atoms with Gasteiger partial charge in [-0.1, -0.05) is 0 Å². The second-order valence-electron chi connectivity index (χ2n) is 1.62. The van der Waals surface area contributed by atoms with Crippen LogP contribution in [0.5, 0.6) is 5.75 Å². The van der Waals surface area contributed by atoms with Crippen LogP contribution in [0.3, 0.4) is 0 Å². The second-order valence-corrected chi connectivity index (χ2v) is 2.50. The van der Waals surface area contributed by atoms with Gasteiger partial charge in [-0.3, -0.25) is 0 Å². The van der Waals surface area contributed by atoms with E-state index in [9.17, 15) is 8.42 Å². The first kappa shape index (κ1) is 6.88. The number of nitrogens with one attached hydrogen (secondary N) is 1. The minimum atomic E-state index is -2.40. The van der Waals surface area contributed by atoms with Crippen molar-refractivity contribution in [1.82, 2.24) is 4.98 Å². The Bertz CT molecular complexity index is 381. The fraction of sp³-hybridized carbons (Fsp3) is 0. The van der Waals surface area contributed by atoms with E-state index in [-0.39, 0.29) is 10.4 Å². The van der Waals surface area contributed by atoms with E-state index < -0.39 is 10.3 Å². The molecule has 54 valence electrons. The molecule has 0 amide bonds. The number of aromatic hydroxyl groups is 1. The second kappa shape index (κ2) is 2.57. The highest BCUT2D eigenvalue weighted by Gasteiger charge is 1.89. The predicted molar refractivity (Wildman–Crippen MR) is 34.6 cm³/mol. The summed E-state index contributed by atoms with van der Waals surface area (Å²) in [6.45, 7) is 0. The topological polar surface area (TPSA) is 70.2 Å². The first-order valence-electron chi connectivity index (χ1n) is 2.51. The van der Waals surface area contributed by atoms with Crippen LogP contribution < -0.4 is 0 Å². The van der Waals surface area contributed by atoms with E-state index in [1.807, 2.05) is 0 Å². The number of rotatable bonds is 0. The molecule has 0 saturated carbocycles. The summed E-state index contributed by atoms with van der Waals surface area (Å²) in [6, 6.07) is 2.80. The lowest BCUT2D eigenvalue weighted by atomic mass is 10.5. The average molecular weight is 159 g/mol. The van der Waals surface area contributed by atoms with Crippen molar-refractivity contribution >= 4 is 10.3 Å². The SMILES string of the molecule is O=S(=O)=c1[nH]cccc1O. The Morgan fingerprint density at radius 1 is 1.50 bits per heavy atom. The number of hydrogen-bond donors (Lipinski definition) is 2. The molecule has 0 unspecified atom stereocenters. The summed E-state index contributed by atoms with van der Waals surface area (Å²) in [7, 11) is -2.40. The van der Waals surface area contributed by atoms with Gasteiger partial charge < -0.3 is 10.1 Å². The summed E-state index contributed by atoms with van der Waals surface area (Å²) in [5, 5.41) is 8.86. The molecular weight excluding hydrogens is 154 g/mol. The van der Waals surface area contributed by atoms with E-state index in [0.29, 0.717) is 0 Å². The van der Waals surface area contributed by atoms with Gasteiger partial charge in [-0.25, -0.2) is 0 Å². The summed E-state index contributed by atoms with van der Waals surface area (Å²) in [5.74, 6) is -0.268. The molecule has 0 fully saturated rings. The summed E-state index contributed by atoms with van der Waals surface area (Å²) in [4.78, 5) is 2.37. The molecule has 0 aromatic carbocycles. The first-order chi connectivity index (χ1) is 4.72. The molecule has 0 aliphatic heterocycles. The quantitative estimate of drug-likeness (QED) is 0.528. The third-order valence-corrected chi connectivity index (χ3v) is 1.62. The minimum Gasteiger partial charge on any atom is -0.505 e. The molecule has 1 aromatic rings. The number of pyridine rings is 1. The first-order valence-corrected chi connectivity index (χ1v) is 3.58. The summed E-state index contributed by atoms with van der Waals surface area (Å²) in [5.41, 5.74) is 0. The maximum absolute atomic E-state index is 10.2. The van der Waals surface area contributed by atoms with Crippen LogP contribution in [-0.4, -0.2) is 18.5 Å². The third-order valence-electron chi connectivity index (χ3n) is 0.964. The van der Waals surface area contributed by atoms with Crippen LogP contribution in [0.1, 0.15) is 0 Å². The highest BCUT2D eigenvalue weighted by Crippen LogP contribution is 2.03. The van der Waals surface area contributed by atoms with E-state index in [4.69, 9.17) is 5.11 Å². The van der Waals surface area contributed by atoms with E-state index in [1.165, 1.54) is 18.3 Å². The zero-order chi connectivity index (χ0) is 7.56. The number of aromatic nitrogens is 1. The van der Waals surface area contributed by atoms with Gasteiger partial charge in [0.15, 0.2) is 5.75 Å². The number of aromatic amines is 1. The summed E-state index contributed by atoms with van der Waals surface area (Å²) >= 11 is 0. The molecular formula is C5H5NO3S. The van der Waals surface area contributed by atoms with E-state index in [2.05, 4.69) is 4.98 Å². The maximum atomic E-state index is 10.2. The van der Waals surface area contributed by atoms with Crippen LogP contribution in [0.15, 0.2) is 18.3 Å². The van der Waals surface area contributed by atoms with Crippen LogP contribution in [-0.2, 0) is 10.3 Å². The van der Waals surface area contributed by atoms with E-state index in [1.54, 1.807) is 0 Å². The monoisotopic (exact) mass is 159 g/mol. The molecule has 0 atom stereocenters. The molecule has 1 heterocycles. The lowest BCUT2D eigenvalue weighted by molar-refractivity contribution is 0.469. The lowest BCUT2D eigenvalue weighted by Gasteiger charge is -1.85. The van der Waals surface area contributed by atoms with Crippen molar-refractivity contribution < 1.29 is 13.5 Å². The molecule has 4 nitrogen and oxygen atoms in total. The van der Waals surface area contributed by atoms with Gasteiger partial charge in [0, 0.05) is 6.20 Å². The zero-order valence-electron chi connectivity index (χ0n) is 4.90. The standard InChI is InChI=1S/C5H5NO3S/c7-4-2-1-3-6-5(4)10(8)9/h1-3,6-7H. The molecule has 0 saturated heterocycles. The van der Waals surface area contributed by atoms with E-state index >= 15 is 0 Å². The van der Waals surface area contributed by atoms with E-state index in [0.717, 1.165) is 0 Å². The van der Waals surface area contributed by atoms with Crippen molar-refractivity contribution in [1.29, 1.82) is 0 Å². The van der Waals surface area contributed by atoms with Crippen LogP contribution >= 0.6 is 0 Å². The van der Waals surface area contributed by atoms with Crippen molar-refractivity contribution in [3.63, 3.8) is 0 Å². The molecule has 10 heavy (non-hydrogen) atoms. The van der Waals surface area contributed by atoms with Gasteiger partial charge in [0.1, 0.15) is 0 Å². The van der Waals surface area contributed by atoms with Crippen LogP contribution in [0.2, 0.25) is 0 Å². The zero-order valence-corrected chi connectivity index (χ0v) is 5.72. The number of hydrogen-bond acceptors (Lipinski definition) is 3. The van der Waals surface area contributed by atoms with Crippen molar-refractivity contribution in [2.75, 3.05) is 0 Å². The van der Waals surface area contributed by atoms with Crippen LogP contribution in [0.4, 0.5) is 0 Å². The highest BCUT2D eigenvalue weighted by molar-refractivity contribution is 7.63. The largest absolute Gasteiger partial charge is 0.505 e. The van der Waals surface area contributed by atoms with Gasteiger partial charge in [-0.15, -0.1) is 0 Å². The summed E-state index contributed by atoms with van der Waals surface area (Å²) < 4.78 is 20.3. The average Bonchev–Trinajstić information content (AvgIpc) is 1.88. The van der Waals surface area contributed by atoms with Crippen molar-refractivity contribution in [3.05, 3.63) is 23.0 Å². The Labute approximate surface area is 58.3 Å². The van der Waals surface area contributed by atoms with Crippen molar-refractivity contribution in [2.24, 2.45) is 0 Å². The predicted octanol–water partition coefficient (Wildman–Crippen LogP) is 0.131. The Balaban J connectivity index is 3.78. The molecule has 0 aliphatic rings. The van der Waals surface area contributed by atoms with Crippen LogP contribution in [0.25, 0.3) is 0 Å². The number of H-pyrrole nitrogens is 1. The molecule has 1 rings (SSSR count). The van der Waals surface area contributed by atoms with Gasteiger partial charge in [-0.2, -0.15) is 8.42 Å². The molecule has 2 N–H and O–H groups in total. The molecule has 0 aliphatic carbocycles. The normalized spacial score (nSPS) is 9.20. The minimum absolute atomic E-state index is 0.192. The third kappa shape index (κ3) is 1.19. The van der Waals surface area contributed by atoms with Gasteiger partial charge in [0.2, 0.25) is 14.9 Å².